The zero-order valence-corrected chi connectivity index (χ0v) is 17.3. The number of aromatic nitrogens is 2. The van der Waals surface area contributed by atoms with E-state index in [1.54, 1.807) is 37.2 Å². The normalized spacial score (nSPS) is 16.0. The first-order valence-corrected chi connectivity index (χ1v) is 9.87. The standard InChI is InChI=1S/C23H24FN3O3/c1-15-20(14-25-27(15)17-8-6-16(24)7-9-17)23(28)26-12-4-5-21(26)19-11-10-18(29-2)13-22(19)30-3/h6-11,13-14,21H,4-5,12H2,1-3H3. The topological polar surface area (TPSA) is 56.6 Å². The second kappa shape index (κ2) is 8.18. The Morgan fingerprint density at radius 1 is 1.13 bits per heavy atom. The van der Waals surface area contributed by atoms with Gasteiger partial charge in [-0.05, 0) is 56.2 Å². The van der Waals surface area contributed by atoms with Crippen LogP contribution in [0.1, 0.15) is 40.5 Å². The maximum Gasteiger partial charge on any atom is 0.257 e. The molecule has 1 amide bonds. The number of halogens is 1. The molecule has 1 aromatic heterocycles. The minimum Gasteiger partial charge on any atom is -0.497 e. The number of carbonyl (C=O) groups excluding carboxylic acids is 1. The van der Waals surface area contributed by atoms with E-state index in [2.05, 4.69) is 5.10 Å². The van der Waals surface area contributed by atoms with Crippen molar-refractivity contribution in [2.75, 3.05) is 20.8 Å². The van der Waals surface area contributed by atoms with E-state index in [1.165, 1.54) is 12.1 Å². The van der Waals surface area contributed by atoms with Crippen LogP contribution in [0.15, 0.2) is 48.7 Å². The van der Waals surface area contributed by atoms with E-state index in [0.29, 0.717) is 29.3 Å². The Labute approximate surface area is 174 Å². The van der Waals surface area contributed by atoms with Crippen LogP contribution in [0, 0.1) is 12.7 Å². The maximum absolute atomic E-state index is 13.4. The van der Waals surface area contributed by atoms with Gasteiger partial charge in [-0.1, -0.05) is 0 Å². The lowest BCUT2D eigenvalue weighted by Crippen LogP contribution is -2.31. The molecule has 2 heterocycles. The quantitative estimate of drug-likeness (QED) is 0.630. The molecule has 1 unspecified atom stereocenters. The monoisotopic (exact) mass is 409 g/mol. The van der Waals surface area contributed by atoms with Gasteiger partial charge >= 0.3 is 0 Å². The van der Waals surface area contributed by atoms with Gasteiger partial charge in [0.1, 0.15) is 17.3 Å². The van der Waals surface area contributed by atoms with Gasteiger partial charge in [0.05, 0.1) is 43.4 Å². The highest BCUT2D eigenvalue weighted by Gasteiger charge is 2.34. The molecule has 0 saturated carbocycles. The average Bonchev–Trinajstić information content (AvgIpc) is 3.40. The SMILES string of the molecule is COc1ccc(C2CCCN2C(=O)c2cnn(-c3ccc(F)cc3)c2C)c(OC)c1. The first-order chi connectivity index (χ1) is 14.5. The average molecular weight is 409 g/mol. The molecule has 1 aliphatic heterocycles. The minimum absolute atomic E-state index is 0.0683. The number of nitrogens with zero attached hydrogens (tertiary/aromatic N) is 3. The summed E-state index contributed by atoms with van der Waals surface area (Å²) < 4.78 is 25.8. The Kier molecular flexibility index (Phi) is 5.44. The number of amides is 1. The summed E-state index contributed by atoms with van der Waals surface area (Å²) in [5, 5.41) is 4.37. The molecule has 0 spiro atoms. The molecule has 2 aromatic carbocycles. The third kappa shape index (κ3) is 3.51. The van der Waals surface area contributed by atoms with Crippen LogP contribution in [0.4, 0.5) is 4.39 Å². The number of methoxy groups -OCH3 is 2. The van der Waals surface area contributed by atoms with Crippen LogP contribution >= 0.6 is 0 Å². The maximum atomic E-state index is 13.4. The van der Waals surface area contributed by atoms with E-state index in [9.17, 15) is 9.18 Å². The summed E-state index contributed by atoms with van der Waals surface area (Å²) in [7, 11) is 3.23. The lowest BCUT2D eigenvalue weighted by Gasteiger charge is -2.26. The van der Waals surface area contributed by atoms with Crippen LogP contribution < -0.4 is 9.47 Å². The Bertz CT molecular complexity index is 1060. The molecule has 1 atom stereocenters. The van der Waals surface area contributed by atoms with Crippen molar-refractivity contribution in [3.8, 4) is 17.2 Å². The highest BCUT2D eigenvalue weighted by Crippen LogP contribution is 2.39. The second-order valence-electron chi connectivity index (χ2n) is 7.30. The lowest BCUT2D eigenvalue weighted by atomic mass is 10.0. The first-order valence-electron chi connectivity index (χ1n) is 9.87. The third-order valence-electron chi connectivity index (χ3n) is 5.62. The molecule has 4 rings (SSSR count). The zero-order chi connectivity index (χ0) is 21.3. The number of rotatable bonds is 5. The van der Waals surface area contributed by atoms with Crippen LogP contribution in [0.2, 0.25) is 0 Å². The molecule has 1 saturated heterocycles. The number of ether oxygens (including phenoxy) is 2. The summed E-state index contributed by atoms with van der Waals surface area (Å²) in [6, 6.07) is 11.7. The Hall–Kier alpha value is -3.35. The summed E-state index contributed by atoms with van der Waals surface area (Å²) in [6.07, 6.45) is 3.36. The molecular formula is C23H24FN3O3. The molecule has 7 heteroatoms. The van der Waals surface area contributed by atoms with Crippen LogP contribution in [-0.2, 0) is 0 Å². The molecule has 0 bridgehead atoms. The highest BCUT2D eigenvalue weighted by atomic mass is 19.1. The minimum atomic E-state index is -0.312. The predicted octanol–water partition coefficient (Wildman–Crippen LogP) is 4.31. The van der Waals surface area contributed by atoms with E-state index in [-0.39, 0.29) is 17.8 Å². The molecular weight excluding hydrogens is 385 g/mol. The number of carbonyl (C=O) groups is 1. The highest BCUT2D eigenvalue weighted by molar-refractivity contribution is 5.95. The molecule has 0 N–H and O–H groups in total. The summed E-state index contributed by atoms with van der Waals surface area (Å²) >= 11 is 0. The summed E-state index contributed by atoms with van der Waals surface area (Å²) in [5.74, 6) is 1.04. The molecule has 6 nitrogen and oxygen atoms in total. The van der Waals surface area contributed by atoms with Gasteiger partial charge in [0.2, 0.25) is 0 Å². The van der Waals surface area contributed by atoms with Gasteiger partial charge < -0.3 is 14.4 Å². The lowest BCUT2D eigenvalue weighted by molar-refractivity contribution is 0.0733. The van der Waals surface area contributed by atoms with Crippen molar-refractivity contribution in [1.29, 1.82) is 0 Å². The molecule has 156 valence electrons. The molecule has 0 aliphatic carbocycles. The molecule has 1 aliphatic rings. The van der Waals surface area contributed by atoms with E-state index in [0.717, 1.165) is 24.1 Å². The molecule has 3 aromatic rings. The van der Waals surface area contributed by atoms with Crippen molar-refractivity contribution in [2.24, 2.45) is 0 Å². The van der Waals surface area contributed by atoms with Gasteiger partial charge in [0.15, 0.2) is 0 Å². The van der Waals surface area contributed by atoms with Gasteiger partial charge in [-0.3, -0.25) is 4.79 Å². The predicted molar refractivity (Wildman–Crippen MR) is 111 cm³/mol. The fourth-order valence-electron chi connectivity index (χ4n) is 4.04. The summed E-state index contributed by atoms with van der Waals surface area (Å²) in [5.41, 5.74) is 2.94. The van der Waals surface area contributed by atoms with E-state index in [4.69, 9.17) is 9.47 Å². The van der Waals surface area contributed by atoms with Crippen molar-refractivity contribution >= 4 is 5.91 Å². The van der Waals surface area contributed by atoms with Crippen LogP contribution in [0.5, 0.6) is 11.5 Å². The largest absolute Gasteiger partial charge is 0.497 e. The van der Waals surface area contributed by atoms with Gasteiger partial charge in [0, 0.05) is 18.2 Å². The number of hydrogen-bond donors (Lipinski definition) is 0. The first kappa shape index (κ1) is 19.9. The van der Waals surface area contributed by atoms with Crippen LogP contribution in [0.25, 0.3) is 5.69 Å². The molecule has 0 radical (unpaired) electrons. The zero-order valence-electron chi connectivity index (χ0n) is 17.3. The van der Waals surface area contributed by atoms with Crippen molar-refractivity contribution in [3.63, 3.8) is 0 Å². The Morgan fingerprint density at radius 3 is 2.60 bits per heavy atom. The summed E-state index contributed by atoms with van der Waals surface area (Å²) in [6.45, 7) is 2.52. The fraction of sp³-hybridized carbons (Fsp3) is 0.304. The Balaban J connectivity index is 1.64. The van der Waals surface area contributed by atoms with Crippen molar-refractivity contribution in [3.05, 3.63) is 71.3 Å². The van der Waals surface area contributed by atoms with Crippen LogP contribution in [-0.4, -0.2) is 41.4 Å². The van der Waals surface area contributed by atoms with Gasteiger partial charge in [-0.2, -0.15) is 5.10 Å². The van der Waals surface area contributed by atoms with Crippen molar-refractivity contribution in [2.45, 2.75) is 25.8 Å². The smallest absolute Gasteiger partial charge is 0.257 e. The number of benzene rings is 2. The van der Waals surface area contributed by atoms with E-state index >= 15 is 0 Å². The van der Waals surface area contributed by atoms with E-state index < -0.39 is 0 Å². The Morgan fingerprint density at radius 2 is 1.90 bits per heavy atom. The van der Waals surface area contributed by atoms with Crippen molar-refractivity contribution in [1.82, 2.24) is 14.7 Å². The van der Waals surface area contributed by atoms with Gasteiger partial charge in [0.25, 0.3) is 5.91 Å². The molecule has 1 fully saturated rings. The van der Waals surface area contributed by atoms with Crippen LogP contribution in [0.3, 0.4) is 0 Å². The summed E-state index contributed by atoms with van der Waals surface area (Å²) in [4.78, 5) is 15.3. The second-order valence-corrected chi connectivity index (χ2v) is 7.30. The van der Waals surface area contributed by atoms with E-state index in [1.807, 2.05) is 30.0 Å². The number of likely N-dealkylation sites (tertiary alicyclic amines) is 1. The third-order valence-corrected chi connectivity index (χ3v) is 5.62. The van der Waals surface area contributed by atoms with Gasteiger partial charge in [-0.15, -0.1) is 0 Å². The van der Waals surface area contributed by atoms with Crippen molar-refractivity contribution < 1.29 is 18.7 Å². The fourth-order valence-corrected chi connectivity index (χ4v) is 4.04. The molecule has 30 heavy (non-hydrogen) atoms. The van der Waals surface area contributed by atoms with Gasteiger partial charge in [-0.25, -0.2) is 9.07 Å². The number of hydrogen-bond acceptors (Lipinski definition) is 4.